The lowest BCUT2D eigenvalue weighted by atomic mass is 10.3. The molecule has 0 saturated heterocycles. The molecule has 0 radical (unpaired) electrons. The number of ether oxygens (including phenoxy) is 1. The van der Waals surface area contributed by atoms with E-state index in [0.29, 0.717) is 15.7 Å². The summed E-state index contributed by atoms with van der Waals surface area (Å²) in [7, 11) is 1.23. The Morgan fingerprint density at radius 2 is 2.06 bits per heavy atom. The van der Waals surface area contributed by atoms with Crippen molar-refractivity contribution >= 4 is 40.9 Å². The monoisotopic (exact) mass is 276 g/mol. The van der Waals surface area contributed by atoms with Gasteiger partial charge in [0.15, 0.2) is 0 Å². The second-order valence-electron chi connectivity index (χ2n) is 3.01. The van der Waals surface area contributed by atoms with Crippen LogP contribution >= 0.6 is 23.2 Å². The highest BCUT2D eigenvalue weighted by Gasteiger charge is 2.07. The number of amides is 2. The van der Waals surface area contributed by atoms with Gasteiger partial charge in [-0.05, 0) is 18.2 Å². The van der Waals surface area contributed by atoms with E-state index in [4.69, 9.17) is 23.2 Å². The molecule has 0 saturated carbocycles. The van der Waals surface area contributed by atoms with Crippen molar-refractivity contribution in [1.82, 2.24) is 5.32 Å². The van der Waals surface area contributed by atoms with Crippen molar-refractivity contribution in [3.05, 3.63) is 28.2 Å². The molecule has 1 aromatic carbocycles. The van der Waals surface area contributed by atoms with Gasteiger partial charge >= 0.3 is 12.0 Å². The van der Waals surface area contributed by atoms with Crippen molar-refractivity contribution in [3.63, 3.8) is 0 Å². The quantitative estimate of drug-likeness (QED) is 0.833. The van der Waals surface area contributed by atoms with Crippen molar-refractivity contribution in [2.45, 2.75) is 0 Å². The molecule has 7 heteroatoms. The molecule has 1 aromatic rings. The van der Waals surface area contributed by atoms with E-state index in [1.807, 2.05) is 0 Å². The minimum atomic E-state index is -0.556. The number of anilines is 1. The van der Waals surface area contributed by atoms with Crippen LogP contribution in [0.1, 0.15) is 0 Å². The topological polar surface area (TPSA) is 67.4 Å². The molecular formula is C10H10Cl2N2O3. The van der Waals surface area contributed by atoms with Crippen LogP contribution in [-0.4, -0.2) is 25.7 Å². The molecule has 0 aliphatic heterocycles. The SMILES string of the molecule is COC(=O)CNC(=O)Nc1ccc(Cl)cc1Cl. The summed E-state index contributed by atoms with van der Waals surface area (Å²) in [5.41, 5.74) is 0.401. The molecule has 0 unspecified atom stereocenters. The van der Waals surface area contributed by atoms with E-state index in [-0.39, 0.29) is 6.54 Å². The number of hydrogen-bond donors (Lipinski definition) is 2. The van der Waals surface area contributed by atoms with Gasteiger partial charge in [0.05, 0.1) is 17.8 Å². The van der Waals surface area contributed by atoms with E-state index >= 15 is 0 Å². The first kappa shape index (κ1) is 13.6. The predicted octanol–water partition coefficient (Wildman–Crippen LogP) is 2.29. The van der Waals surface area contributed by atoms with Crippen LogP contribution in [0.4, 0.5) is 10.5 Å². The lowest BCUT2D eigenvalue weighted by Gasteiger charge is -2.08. The minimum Gasteiger partial charge on any atom is -0.468 e. The van der Waals surface area contributed by atoms with E-state index in [9.17, 15) is 9.59 Å². The first-order valence-corrected chi connectivity index (χ1v) is 5.35. The van der Waals surface area contributed by atoms with Crippen LogP contribution in [0, 0.1) is 0 Å². The van der Waals surface area contributed by atoms with Crippen molar-refractivity contribution in [2.24, 2.45) is 0 Å². The van der Waals surface area contributed by atoms with Crippen LogP contribution in [0.25, 0.3) is 0 Å². The Morgan fingerprint density at radius 3 is 2.65 bits per heavy atom. The summed E-state index contributed by atoms with van der Waals surface area (Å²) in [6.07, 6.45) is 0. The molecule has 2 amide bonds. The van der Waals surface area contributed by atoms with E-state index in [1.165, 1.54) is 13.2 Å². The molecule has 17 heavy (non-hydrogen) atoms. The number of carbonyl (C=O) groups is 2. The van der Waals surface area contributed by atoms with Crippen LogP contribution in [-0.2, 0) is 9.53 Å². The standard InChI is InChI=1S/C10H10Cl2N2O3/c1-17-9(15)5-13-10(16)14-8-3-2-6(11)4-7(8)12/h2-4H,5H2,1H3,(H2,13,14,16). The lowest BCUT2D eigenvalue weighted by Crippen LogP contribution is -2.33. The third kappa shape index (κ3) is 4.50. The van der Waals surface area contributed by atoms with Crippen LogP contribution in [0.3, 0.4) is 0 Å². The molecule has 0 fully saturated rings. The summed E-state index contributed by atoms with van der Waals surface area (Å²) in [4.78, 5) is 22.1. The maximum Gasteiger partial charge on any atom is 0.325 e. The van der Waals surface area contributed by atoms with Gasteiger partial charge in [0, 0.05) is 5.02 Å². The van der Waals surface area contributed by atoms with Crippen LogP contribution < -0.4 is 10.6 Å². The van der Waals surface area contributed by atoms with Gasteiger partial charge in [-0.1, -0.05) is 23.2 Å². The molecule has 1 rings (SSSR count). The summed E-state index contributed by atoms with van der Waals surface area (Å²) in [5.74, 6) is -0.539. The molecular weight excluding hydrogens is 267 g/mol. The Labute approximate surface area is 108 Å². The number of esters is 1. The second-order valence-corrected chi connectivity index (χ2v) is 3.85. The third-order valence-corrected chi connectivity index (χ3v) is 2.35. The van der Waals surface area contributed by atoms with Gasteiger partial charge in [0.25, 0.3) is 0 Å². The van der Waals surface area contributed by atoms with Crippen molar-refractivity contribution in [3.8, 4) is 0 Å². The van der Waals surface area contributed by atoms with E-state index < -0.39 is 12.0 Å². The minimum absolute atomic E-state index is 0.215. The highest BCUT2D eigenvalue weighted by Crippen LogP contribution is 2.25. The first-order valence-electron chi connectivity index (χ1n) is 4.59. The van der Waals surface area contributed by atoms with Crippen LogP contribution in [0.15, 0.2) is 18.2 Å². The van der Waals surface area contributed by atoms with Gasteiger partial charge in [-0.3, -0.25) is 4.79 Å². The highest BCUT2D eigenvalue weighted by molar-refractivity contribution is 6.36. The summed E-state index contributed by atoms with van der Waals surface area (Å²) >= 11 is 11.5. The van der Waals surface area contributed by atoms with Crippen molar-refractivity contribution < 1.29 is 14.3 Å². The lowest BCUT2D eigenvalue weighted by molar-refractivity contribution is -0.139. The van der Waals surface area contributed by atoms with Crippen molar-refractivity contribution in [1.29, 1.82) is 0 Å². The summed E-state index contributed by atoms with van der Waals surface area (Å²) in [6, 6.07) is 4.09. The predicted molar refractivity (Wildman–Crippen MR) is 65.5 cm³/mol. The van der Waals surface area contributed by atoms with Gasteiger partial charge in [0.1, 0.15) is 6.54 Å². The molecule has 0 aliphatic carbocycles. The smallest absolute Gasteiger partial charge is 0.325 e. The van der Waals surface area contributed by atoms with E-state index in [0.717, 1.165) is 0 Å². The largest absolute Gasteiger partial charge is 0.468 e. The van der Waals surface area contributed by atoms with Gasteiger partial charge in [0.2, 0.25) is 0 Å². The molecule has 5 nitrogen and oxygen atoms in total. The van der Waals surface area contributed by atoms with Crippen LogP contribution in [0.5, 0.6) is 0 Å². The van der Waals surface area contributed by atoms with Crippen molar-refractivity contribution in [2.75, 3.05) is 19.0 Å². The number of hydrogen-bond acceptors (Lipinski definition) is 3. The molecule has 0 atom stereocenters. The fourth-order valence-corrected chi connectivity index (χ4v) is 1.44. The number of benzene rings is 1. The van der Waals surface area contributed by atoms with Gasteiger partial charge in [-0.25, -0.2) is 4.79 Å². The Morgan fingerprint density at radius 1 is 1.35 bits per heavy atom. The fourth-order valence-electron chi connectivity index (χ4n) is 0.982. The number of halogens is 2. The summed E-state index contributed by atoms with van der Waals surface area (Å²) in [5, 5.41) is 5.55. The number of methoxy groups -OCH3 is 1. The maximum atomic E-state index is 11.3. The molecule has 0 aromatic heterocycles. The molecule has 92 valence electrons. The average molecular weight is 277 g/mol. The van der Waals surface area contributed by atoms with Crippen LogP contribution in [0.2, 0.25) is 10.0 Å². The molecule has 0 spiro atoms. The highest BCUT2D eigenvalue weighted by atomic mass is 35.5. The Hall–Kier alpha value is -1.46. The summed E-state index contributed by atoms with van der Waals surface area (Å²) < 4.78 is 4.37. The Balaban J connectivity index is 2.53. The molecule has 0 bridgehead atoms. The van der Waals surface area contributed by atoms with Gasteiger partial charge in [-0.15, -0.1) is 0 Å². The number of carbonyl (C=O) groups excluding carboxylic acids is 2. The second kappa shape index (κ2) is 6.32. The zero-order chi connectivity index (χ0) is 12.8. The first-order chi connectivity index (χ1) is 8.02. The fraction of sp³-hybridized carbons (Fsp3) is 0.200. The average Bonchev–Trinajstić information content (AvgIpc) is 2.29. The number of rotatable bonds is 3. The Bertz CT molecular complexity index is 438. The zero-order valence-electron chi connectivity index (χ0n) is 8.92. The van der Waals surface area contributed by atoms with Gasteiger partial charge in [-0.2, -0.15) is 0 Å². The normalized spacial score (nSPS) is 9.59. The number of nitrogens with one attached hydrogen (secondary N) is 2. The molecule has 0 heterocycles. The zero-order valence-corrected chi connectivity index (χ0v) is 10.4. The van der Waals surface area contributed by atoms with E-state index in [2.05, 4.69) is 15.4 Å². The third-order valence-electron chi connectivity index (χ3n) is 1.80. The van der Waals surface area contributed by atoms with Gasteiger partial charge < -0.3 is 15.4 Å². The van der Waals surface area contributed by atoms with E-state index in [1.54, 1.807) is 12.1 Å². The molecule has 2 N–H and O–H groups in total. The maximum absolute atomic E-state index is 11.3. The summed E-state index contributed by atoms with van der Waals surface area (Å²) in [6.45, 7) is -0.215. The number of urea groups is 1. The Kier molecular flexibility index (Phi) is 5.06. The molecule has 0 aliphatic rings.